The van der Waals surface area contributed by atoms with E-state index in [0.29, 0.717) is 42.6 Å². The minimum Gasteiger partial charge on any atom is -0.445 e. The molecule has 10 N–H and O–H groups in total. The Balaban J connectivity index is 1.20. The number of urea groups is 1. The number of ether oxygens (including phenoxy) is 3. The average molecular weight is 1300 g/mol. The second kappa shape index (κ2) is 34.8. The quantitative estimate of drug-likeness (QED) is 0.0359. The number of carbonyl (C=O) groups excluding carboxylic acids is 11. The van der Waals surface area contributed by atoms with Crippen LogP contribution in [-0.2, 0) is 64.0 Å². The average Bonchev–Trinajstić information content (AvgIpc) is 1.74. The summed E-state index contributed by atoms with van der Waals surface area (Å²) in [4.78, 5) is 155. The summed E-state index contributed by atoms with van der Waals surface area (Å²) in [5, 5.41) is 30.4. The molecule has 514 valence electrons. The van der Waals surface area contributed by atoms with Crippen molar-refractivity contribution in [2.45, 2.75) is 181 Å². The predicted octanol–water partition coefficient (Wildman–Crippen LogP) is 2.86. The van der Waals surface area contributed by atoms with Gasteiger partial charge in [-0.25, -0.2) is 9.59 Å². The standard InChI is InChI=1S/C66H100N12O15/c1-15-40(8)55(48(91-13)33-51(81)77-32-20-24-47(77)57(92-14)41(9)58(83)70-42(10)56(82)44-21-17-16-18-22-44)75(11)62(87)53(38(4)5)73-61(86)54(39(6)7)76(12)65(90)93-34-43-25-27-45(28-26-43)71-59(84)46(23-19-31-69-64(67)89)72-60(85)52(37(2)3)74-63(88)66(35-68-36-66)78-49(79)29-30-50(78)80/h16-18,21-22,25-30,37-42,46-48,52-57,68,82H,15,19-20,23-24,31-36H2,1-14H3,(H,70,83)(H,71,84)(H,72,85)(H,73,86)(H,74,88)(H3,67,69,89)/t40-,41+,42+,46-,47-,48+,52?,53-,54-,55-,56+,57+/m0/s1. The van der Waals surface area contributed by atoms with Crippen LogP contribution in [0.15, 0.2) is 66.7 Å². The molecule has 0 bridgehead atoms. The molecule has 0 spiro atoms. The Morgan fingerprint density at radius 1 is 0.753 bits per heavy atom. The van der Waals surface area contributed by atoms with Gasteiger partial charge in [0.15, 0.2) is 5.54 Å². The number of imide groups is 1. The fourth-order valence-electron chi connectivity index (χ4n) is 12.3. The van der Waals surface area contributed by atoms with Crippen LogP contribution in [-0.4, -0.2) is 205 Å². The summed E-state index contributed by atoms with van der Waals surface area (Å²) in [6.07, 6.45) is 0.925. The molecule has 93 heavy (non-hydrogen) atoms. The molecule has 3 aliphatic rings. The molecular formula is C66H100N12O15. The number of anilines is 1. The van der Waals surface area contributed by atoms with E-state index in [1.807, 2.05) is 32.0 Å². The molecule has 27 nitrogen and oxygen atoms in total. The molecule has 27 heteroatoms. The zero-order valence-corrected chi connectivity index (χ0v) is 56.3. The first-order valence-corrected chi connectivity index (χ1v) is 32.1. The molecule has 12 atom stereocenters. The highest BCUT2D eigenvalue weighted by Crippen LogP contribution is 2.31. The minimum atomic E-state index is -1.56. The number of nitrogens with zero attached hydrogens (tertiary/aromatic N) is 4. The number of rotatable bonds is 34. The van der Waals surface area contributed by atoms with Crippen molar-refractivity contribution in [2.24, 2.45) is 35.3 Å². The number of amides is 12. The number of carbonyl (C=O) groups is 11. The van der Waals surface area contributed by atoms with Crippen LogP contribution in [0.25, 0.3) is 0 Å². The molecule has 5 rings (SSSR count). The summed E-state index contributed by atoms with van der Waals surface area (Å²) in [5.74, 6) is -7.28. The van der Waals surface area contributed by atoms with Gasteiger partial charge in [0.05, 0.1) is 48.8 Å². The first-order chi connectivity index (χ1) is 43.9. The number of benzene rings is 2. The molecule has 3 aliphatic heterocycles. The molecule has 2 aromatic rings. The van der Waals surface area contributed by atoms with E-state index < -0.39 is 143 Å². The fourth-order valence-corrected chi connectivity index (χ4v) is 12.3. The molecule has 0 radical (unpaired) electrons. The molecule has 3 heterocycles. The van der Waals surface area contributed by atoms with Crippen molar-refractivity contribution < 1.29 is 72.1 Å². The van der Waals surface area contributed by atoms with Crippen LogP contribution < -0.4 is 43.0 Å². The van der Waals surface area contributed by atoms with E-state index in [1.165, 1.54) is 21.3 Å². The lowest BCUT2D eigenvalue weighted by molar-refractivity contribution is -0.156. The van der Waals surface area contributed by atoms with Crippen molar-refractivity contribution in [1.82, 2.24) is 51.5 Å². The smallest absolute Gasteiger partial charge is 0.410 e. The highest BCUT2D eigenvalue weighted by atomic mass is 16.6. The van der Waals surface area contributed by atoms with Crippen molar-refractivity contribution in [2.75, 3.05) is 59.8 Å². The number of primary amides is 1. The molecule has 0 aliphatic carbocycles. The number of nitrogens with one attached hydrogen (secondary N) is 7. The second-order valence-electron chi connectivity index (χ2n) is 25.7. The fraction of sp³-hybridized carbons (Fsp3) is 0.621. The predicted molar refractivity (Wildman–Crippen MR) is 346 cm³/mol. The van der Waals surface area contributed by atoms with Gasteiger partial charge >= 0.3 is 12.1 Å². The third kappa shape index (κ3) is 19.3. The molecule has 2 saturated heterocycles. The van der Waals surface area contributed by atoms with Crippen LogP contribution in [0.2, 0.25) is 0 Å². The Hall–Kier alpha value is -8.01. The van der Waals surface area contributed by atoms with Crippen LogP contribution in [0, 0.1) is 29.6 Å². The Kier molecular flexibility index (Phi) is 28.3. The normalized spacial score (nSPS) is 18.8. The van der Waals surface area contributed by atoms with Gasteiger partial charge in [0.1, 0.15) is 30.8 Å². The van der Waals surface area contributed by atoms with E-state index in [9.17, 15) is 57.8 Å². The topological polar surface area (TPSA) is 359 Å². The lowest BCUT2D eigenvalue weighted by Gasteiger charge is -2.46. The van der Waals surface area contributed by atoms with E-state index in [-0.39, 0.29) is 63.2 Å². The second-order valence-corrected chi connectivity index (χ2v) is 25.7. The molecule has 12 amide bonds. The lowest BCUT2D eigenvalue weighted by atomic mass is 9.87. The van der Waals surface area contributed by atoms with Gasteiger partial charge in [-0.05, 0) is 79.5 Å². The van der Waals surface area contributed by atoms with Gasteiger partial charge in [-0.2, -0.15) is 0 Å². The Bertz CT molecular complexity index is 2940. The van der Waals surface area contributed by atoms with Crippen molar-refractivity contribution in [1.29, 1.82) is 0 Å². The van der Waals surface area contributed by atoms with E-state index in [0.717, 1.165) is 22.0 Å². The highest BCUT2D eigenvalue weighted by Gasteiger charge is 2.55. The van der Waals surface area contributed by atoms with E-state index in [1.54, 1.807) is 109 Å². The van der Waals surface area contributed by atoms with Crippen LogP contribution in [0.1, 0.15) is 125 Å². The zero-order chi connectivity index (χ0) is 69.2. The molecule has 1 unspecified atom stereocenters. The van der Waals surface area contributed by atoms with E-state index >= 15 is 0 Å². The summed E-state index contributed by atoms with van der Waals surface area (Å²) in [7, 11) is 6.06. The van der Waals surface area contributed by atoms with Crippen LogP contribution in [0.3, 0.4) is 0 Å². The SMILES string of the molecule is CC[C@H](C)[C@@H]([C@@H](CC(=O)N1CCC[C@H]1[C@H](OC)[C@@H](C)C(=O)N[C@H](C)[C@@H](O)c1ccccc1)OC)N(C)C(=O)[C@@H](NC(=O)[C@H](C(C)C)N(C)C(=O)OCc1ccc(NC(=O)[C@H](CCCNC(N)=O)NC(=O)C(NC(=O)C2(N3C(=O)C=CC3=O)CNC2)C(C)C)cc1)C(C)C. The molecule has 0 saturated carbocycles. The first kappa shape index (κ1) is 75.7. The van der Waals surface area contributed by atoms with Gasteiger partial charge < -0.3 is 72.1 Å². The van der Waals surface area contributed by atoms with Crippen molar-refractivity contribution in [3.8, 4) is 0 Å². The number of hydrogen-bond donors (Lipinski definition) is 9. The maximum atomic E-state index is 14.8. The van der Waals surface area contributed by atoms with Crippen molar-refractivity contribution in [3.05, 3.63) is 77.9 Å². The van der Waals surface area contributed by atoms with Gasteiger partial charge in [-0.1, -0.05) is 111 Å². The van der Waals surface area contributed by atoms with E-state index in [4.69, 9.17) is 19.9 Å². The Morgan fingerprint density at radius 3 is 1.91 bits per heavy atom. The summed E-state index contributed by atoms with van der Waals surface area (Å²) in [6.45, 7) is 18.1. The number of nitrogens with two attached hydrogens (primary N) is 1. The summed E-state index contributed by atoms with van der Waals surface area (Å²) in [5.41, 5.74) is 5.15. The van der Waals surface area contributed by atoms with Crippen LogP contribution in [0.5, 0.6) is 0 Å². The van der Waals surface area contributed by atoms with Gasteiger partial charge in [-0.15, -0.1) is 0 Å². The Morgan fingerprint density at radius 2 is 1.38 bits per heavy atom. The lowest BCUT2D eigenvalue weighted by Crippen LogP contribution is -2.77. The number of likely N-dealkylation sites (tertiary alicyclic amines) is 1. The van der Waals surface area contributed by atoms with E-state index in [2.05, 4.69) is 37.2 Å². The number of aliphatic hydroxyl groups excluding tert-OH is 1. The third-order valence-electron chi connectivity index (χ3n) is 18.0. The third-order valence-corrected chi connectivity index (χ3v) is 18.0. The molecule has 2 aromatic carbocycles. The number of hydrogen-bond acceptors (Lipinski definition) is 16. The number of aliphatic hydroxyl groups is 1. The molecule has 0 aromatic heterocycles. The minimum absolute atomic E-state index is 0.0254. The first-order valence-electron chi connectivity index (χ1n) is 32.1. The largest absolute Gasteiger partial charge is 0.445 e. The summed E-state index contributed by atoms with van der Waals surface area (Å²) < 4.78 is 17.7. The maximum Gasteiger partial charge on any atom is 0.410 e. The van der Waals surface area contributed by atoms with Crippen molar-refractivity contribution >= 4 is 71.0 Å². The van der Waals surface area contributed by atoms with Gasteiger partial charge in [0, 0.05) is 72.3 Å². The Labute approximate surface area is 546 Å². The van der Waals surface area contributed by atoms with Crippen LogP contribution in [0.4, 0.5) is 15.3 Å². The monoisotopic (exact) mass is 1300 g/mol. The van der Waals surface area contributed by atoms with Crippen LogP contribution >= 0.6 is 0 Å². The zero-order valence-electron chi connectivity index (χ0n) is 56.3. The molecule has 2 fully saturated rings. The van der Waals surface area contributed by atoms with Crippen molar-refractivity contribution in [3.63, 3.8) is 0 Å². The van der Waals surface area contributed by atoms with Gasteiger partial charge in [0.2, 0.25) is 41.4 Å². The van der Waals surface area contributed by atoms with Gasteiger partial charge in [-0.3, -0.25) is 53.0 Å². The van der Waals surface area contributed by atoms with Gasteiger partial charge in [0.25, 0.3) is 11.8 Å². The summed E-state index contributed by atoms with van der Waals surface area (Å²) >= 11 is 0. The number of methoxy groups -OCH3 is 2. The molecular weight excluding hydrogens is 1200 g/mol. The number of likely N-dealkylation sites (N-methyl/N-ethyl adjacent to an activating group) is 2. The highest BCUT2D eigenvalue weighted by molar-refractivity contribution is 6.16. The maximum absolute atomic E-state index is 14.8. The summed E-state index contributed by atoms with van der Waals surface area (Å²) in [6, 6.07) is 8.31.